The van der Waals surface area contributed by atoms with Crippen molar-refractivity contribution in [2.75, 3.05) is 5.73 Å². The van der Waals surface area contributed by atoms with Crippen LogP contribution in [0.3, 0.4) is 0 Å². The Morgan fingerprint density at radius 2 is 1.90 bits per heavy atom. The Hall–Kier alpha value is -2.89. The highest BCUT2D eigenvalue weighted by molar-refractivity contribution is 6.09. The number of aromatic nitrogens is 4. The lowest BCUT2D eigenvalue weighted by Gasteiger charge is -2.07. The van der Waals surface area contributed by atoms with E-state index in [2.05, 4.69) is 40.8 Å². The van der Waals surface area contributed by atoms with Crippen LogP contribution in [0.5, 0.6) is 0 Å². The van der Waals surface area contributed by atoms with Gasteiger partial charge in [0.25, 0.3) is 0 Å². The third kappa shape index (κ3) is 3.97. The number of nitrogen functional groups attached to an aromatic ring is 1. The number of rotatable bonds is 9. The maximum atomic E-state index is 6.25. The van der Waals surface area contributed by atoms with Crippen LogP contribution in [0.2, 0.25) is 0 Å². The van der Waals surface area contributed by atoms with E-state index in [4.69, 9.17) is 15.4 Å². The van der Waals surface area contributed by atoms with Crippen LogP contribution in [0.4, 0.5) is 5.82 Å². The second-order valence-corrected chi connectivity index (χ2v) is 7.65. The third-order valence-electron chi connectivity index (χ3n) is 5.38. The summed E-state index contributed by atoms with van der Waals surface area (Å²) in [4.78, 5) is 4.55. The normalized spacial score (nSPS) is 11.7. The van der Waals surface area contributed by atoms with Crippen LogP contribution in [0, 0.1) is 0 Å². The summed E-state index contributed by atoms with van der Waals surface area (Å²) in [5.74, 6) is 1.50. The summed E-state index contributed by atoms with van der Waals surface area (Å²) >= 11 is 0. The molecule has 2 N–H and O–H groups in total. The molecule has 1 aromatic carbocycles. The van der Waals surface area contributed by atoms with Gasteiger partial charge >= 0.3 is 0 Å². The van der Waals surface area contributed by atoms with Crippen molar-refractivity contribution >= 4 is 27.6 Å². The fourth-order valence-corrected chi connectivity index (χ4v) is 3.95. The number of hydrogen-bond acceptors (Lipinski definition) is 5. The number of para-hydroxylation sites is 1. The molecule has 0 amide bonds. The minimum absolute atomic E-state index is 0.506. The molecule has 3 aromatic heterocycles. The molecule has 4 aromatic rings. The fraction of sp³-hybridized carbons (Fsp3) is 0.435. The SMILES string of the molecule is CCCCc1cc(CCCc2c3c(nn2CCC)c(N)nc2ccccc23)no1. The first kappa shape index (κ1) is 19.4. The number of hydrogen-bond donors (Lipinski definition) is 1. The zero-order valence-electron chi connectivity index (χ0n) is 17.3. The van der Waals surface area contributed by atoms with Crippen molar-refractivity contribution in [3.05, 3.63) is 47.5 Å². The number of unbranched alkanes of at least 4 members (excludes halogenated alkanes) is 1. The highest BCUT2D eigenvalue weighted by Crippen LogP contribution is 2.31. The first-order chi connectivity index (χ1) is 14.2. The Morgan fingerprint density at radius 3 is 2.72 bits per heavy atom. The smallest absolute Gasteiger partial charge is 0.152 e. The molecule has 0 saturated heterocycles. The second-order valence-electron chi connectivity index (χ2n) is 7.65. The number of fused-ring (bicyclic) bond motifs is 3. The summed E-state index contributed by atoms with van der Waals surface area (Å²) in [6.45, 7) is 5.24. The molecule has 0 unspecified atom stereocenters. The molecule has 0 aliphatic rings. The predicted molar refractivity (Wildman–Crippen MR) is 117 cm³/mol. The summed E-state index contributed by atoms with van der Waals surface area (Å²) in [6, 6.07) is 10.3. The van der Waals surface area contributed by atoms with Gasteiger partial charge in [-0.25, -0.2) is 4.98 Å². The largest absolute Gasteiger partial charge is 0.382 e. The van der Waals surface area contributed by atoms with Crippen LogP contribution in [-0.4, -0.2) is 19.9 Å². The molecule has 6 heteroatoms. The van der Waals surface area contributed by atoms with E-state index < -0.39 is 0 Å². The Balaban J connectivity index is 1.61. The molecule has 29 heavy (non-hydrogen) atoms. The number of benzene rings is 1. The number of nitrogens with zero attached hydrogens (tertiary/aromatic N) is 4. The Labute approximate surface area is 171 Å². The van der Waals surface area contributed by atoms with Crippen molar-refractivity contribution in [3.8, 4) is 0 Å². The lowest BCUT2D eigenvalue weighted by atomic mass is 10.0. The summed E-state index contributed by atoms with van der Waals surface area (Å²) in [5.41, 5.74) is 10.3. The minimum Gasteiger partial charge on any atom is -0.382 e. The van der Waals surface area contributed by atoms with Gasteiger partial charge in [-0.1, -0.05) is 43.6 Å². The Morgan fingerprint density at radius 1 is 1.03 bits per heavy atom. The molecular weight excluding hydrogens is 362 g/mol. The maximum Gasteiger partial charge on any atom is 0.152 e. The summed E-state index contributed by atoms with van der Waals surface area (Å²) in [6.07, 6.45) is 7.09. The van der Waals surface area contributed by atoms with Crippen molar-refractivity contribution in [2.45, 2.75) is 65.3 Å². The number of nitrogens with two attached hydrogens (primary N) is 1. The van der Waals surface area contributed by atoms with Crippen LogP contribution >= 0.6 is 0 Å². The maximum absolute atomic E-state index is 6.25. The van der Waals surface area contributed by atoms with Gasteiger partial charge in [-0.15, -0.1) is 0 Å². The zero-order valence-corrected chi connectivity index (χ0v) is 17.3. The molecule has 0 saturated carbocycles. The van der Waals surface area contributed by atoms with Crippen molar-refractivity contribution in [1.29, 1.82) is 0 Å². The van der Waals surface area contributed by atoms with Crippen molar-refractivity contribution < 1.29 is 4.52 Å². The quantitative estimate of drug-likeness (QED) is 0.430. The molecule has 4 rings (SSSR count). The average molecular weight is 392 g/mol. The van der Waals surface area contributed by atoms with E-state index in [1.165, 1.54) is 5.69 Å². The van der Waals surface area contributed by atoms with Gasteiger partial charge in [0.15, 0.2) is 5.82 Å². The summed E-state index contributed by atoms with van der Waals surface area (Å²) in [7, 11) is 0. The zero-order chi connectivity index (χ0) is 20.2. The minimum atomic E-state index is 0.506. The number of pyridine rings is 1. The van der Waals surface area contributed by atoms with Crippen LogP contribution in [-0.2, 0) is 25.8 Å². The molecule has 0 spiro atoms. The first-order valence-electron chi connectivity index (χ1n) is 10.7. The highest BCUT2D eigenvalue weighted by atomic mass is 16.5. The average Bonchev–Trinajstić information content (AvgIpc) is 3.32. The summed E-state index contributed by atoms with van der Waals surface area (Å²) < 4.78 is 7.58. The molecule has 0 bridgehead atoms. The van der Waals surface area contributed by atoms with Gasteiger partial charge in [0, 0.05) is 35.5 Å². The molecular formula is C23H29N5O. The van der Waals surface area contributed by atoms with Gasteiger partial charge in [-0.2, -0.15) is 5.10 Å². The highest BCUT2D eigenvalue weighted by Gasteiger charge is 2.17. The molecule has 0 aliphatic heterocycles. The Kier molecular flexibility index (Phi) is 5.79. The van der Waals surface area contributed by atoms with Crippen LogP contribution in [0.15, 0.2) is 34.9 Å². The topological polar surface area (TPSA) is 82.8 Å². The van der Waals surface area contributed by atoms with E-state index in [9.17, 15) is 0 Å². The molecule has 152 valence electrons. The van der Waals surface area contributed by atoms with E-state index >= 15 is 0 Å². The van der Waals surface area contributed by atoms with Gasteiger partial charge in [-0.3, -0.25) is 4.68 Å². The van der Waals surface area contributed by atoms with Crippen molar-refractivity contribution in [1.82, 2.24) is 19.9 Å². The molecule has 0 radical (unpaired) electrons. The van der Waals surface area contributed by atoms with Crippen LogP contribution < -0.4 is 5.73 Å². The monoisotopic (exact) mass is 391 g/mol. The van der Waals surface area contributed by atoms with E-state index in [1.807, 2.05) is 18.2 Å². The molecule has 0 fully saturated rings. The van der Waals surface area contributed by atoms with E-state index in [1.54, 1.807) is 0 Å². The molecule has 3 heterocycles. The second kappa shape index (κ2) is 8.64. The fourth-order valence-electron chi connectivity index (χ4n) is 3.95. The lowest BCUT2D eigenvalue weighted by Crippen LogP contribution is -2.05. The molecule has 0 aliphatic carbocycles. The number of aryl methyl sites for hydroxylation is 4. The predicted octanol–water partition coefficient (Wildman–Crippen LogP) is 5.08. The summed E-state index contributed by atoms with van der Waals surface area (Å²) in [5, 5.41) is 11.3. The van der Waals surface area contributed by atoms with E-state index in [0.717, 1.165) is 84.8 Å². The first-order valence-corrected chi connectivity index (χ1v) is 10.7. The molecule has 0 atom stereocenters. The standard InChI is InChI=1S/C23H29N5O/c1-3-5-10-17-15-16(27-29-17)9-8-13-20-21-18-11-6-7-12-19(18)25-23(24)22(21)26-28(20)14-4-2/h6-7,11-12,15H,3-5,8-10,13-14H2,1-2H3,(H2,24,25). The van der Waals surface area contributed by atoms with Gasteiger partial charge in [-0.05, 0) is 38.2 Å². The molecule has 6 nitrogen and oxygen atoms in total. The van der Waals surface area contributed by atoms with Crippen molar-refractivity contribution in [3.63, 3.8) is 0 Å². The van der Waals surface area contributed by atoms with Gasteiger partial charge in [0.1, 0.15) is 11.3 Å². The van der Waals surface area contributed by atoms with Crippen LogP contribution in [0.1, 0.15) is 56.7 Å². The van der Waals surface area contributed by atoms with Crippen molar-refractivity contribution in [2.24, 2.45) is 0 Å². The Bertz CT molecular complexity index is 1110. The number of anilines is 1. The van der Waals surface area contributed by atoms with Gasteiger partial charge in [0.2, 0.25) is 0 Å². The van der Waals surface area contributed by atoms with Gasteiger partial charge in [0.05, 0.1) is 11.2 Å². The van der Waals surface area contributed by atoms with Crippen LogP contribution in [0.25, 0.3) is 21.8 Å². The van der Waals surface area contributed by atoms with Gasteiger partial charge < -0.3 is 10.3 Å². The van der Waals surface area contributed by atoms with E-state index in [-0.39, 0.29) is 0 Å². The lowest BCUT2D eigenvalue weighted by molar-refractivity contribution is 0.373. The third-order valence-corrected chi connectivity index (χ3v) is 5.38. The van der Waals surface area contributed by atoms with E-state index in [0.29, 0.717) is 5.82 Å².